The summed E-state index contributed by atoms with van der Waals surface area (Å²) in [5.41, 5.74) is 2.15. The molecule has 0 spiro atoms. The topological polar surface area (TPSA) is 42.7 Å². The third-order valence-electron chi connectivity index (χ3n) is 4.65. The van der Waals surface area contributed by atoms with Crippen molar-refractivity contribution in [2.24, 2.45) is 0 Å². The number of hydrogen-bond acceptors (Lipinski definition) is 4. The molecule has 1 N–H and O–H groups in total. The van der Waals surface area contributed by atoms with Gasteiger partial charge in [0.2, 0.25) is 0 Å². The van der Waals surface area contributed by atoms with Crippen molar-refractivity contribution in [3.63, 3.8) is 0 Å². The molecule has 0 radical (unpaired) electrons. The van der Waals surface area contributed by atoms with Crippen LogP contribution in [0.5, 0.6) is 0 Å². The van der Waals surface area contributed by atoms with Crippen LogP contribution in [0.1, 0.15) is 37.4 Å². The maximum Gasteiger partial charge on any atom is 0.160 e. The van der Waals surface area contributed by atoms with E-state index in [0.29, 0.717) is 5.92 Å². The van der Waals surface area contributed by atoms with Crippen LogP contribution in [-0.2, 0) is 6.54 Å². The van der Waals surface area contributed by atoms with Crippen LogP contribution >= 0.6 is 11.8 Å². The standard InChI is InChI=1S/C16H22N4S/c1-4-14-16(18-7-1)20(11-13-3-2-10-21-13)15(19-14)12-5-8-17-9-6-12/h1,4,7,12-13,17H,2-3,5-6,8-11H2. The molecule has 21 heavy (non-hydrogen) atoms. The molecular weight excluding hydrogens is 280 g/mol. The molecule has 1 atom stereocenters. The van der Waals surface area contributed by atoms with Gasteiger partial charge in [-0.2, -0.15) is 11.8 Å². The van der Waals surface area contributed by atoms with Crippen LogP contribution in [0.25, 0.3) is 11.2 Å². The number of hydrogen-bond donors (Lipinski definition) is 1. The molecule has 0 aromatic carbocycles. The average molecular weight is 302 g/mol. The third kappa shape index (κ3) is 2.69. The summed E-state index contributed by atoms with van der Waals surface area (Å²) in [6.07, 6.45) is 6.98. The monoisotopic (exact) mass is 302 g/mol. The molecule has 112 valence electrons. The summed E-state index contributed by atoms with van der Waals surface area (Å²) in [5.74, 6) is 3.18. The highest BCUT2D eigenvalue weighted by Gasteiger charge is 2.25. The van der Waals surface area contributed by atoms with E-state index in [4.69, 9.17) is 4.98 Å². The lowest BCUT2D eigenvalue weighted by molar-refractivity contribution is 0.430. The van der Waals surface area contributed by atoms with Crippen molar-refractivity contribution in [3.05, 3.63) is 24.2 Å². The lowest BCUT2D eigenvalue weighted by Crippen LogP contribution is -2.28. The van der Waals surface area contributed by atoms with Gasteiger partial charge < -0.3 is 9.88 Å². The van der Waals surface area contributed by atoms with Gasteiger partial charge in [-0.15, -0.1) is 0 Å². The SMILES string of the molecule is c1cnc2c(c1)nc(C1CCNCC1)n2CC1CCCS1. The Balaban J connectivity index is 1.72. The molecule has 2 fully saturated rings. The molecule has 1 unspecified atom stereocenters. The largest absolute Gasteiger partial charge is 0.317 e. The highest BCUT2D eigenvalue weighted by atomic mass is 32.2. The summed E-state index contributed by atoms with van der Waals surface area (Å²) >= 11 is 2.12. The van der Waals surface area contributed by atoms with Gasteiger partial charge in [-0.05, 0) is 56.7 Å². The first kappa shape index (κ1) is 13.6. The maximum atomic E-state index is 4.94. The second-order valence-corrected chi connectivity index (χ2v) is 7.49. The average Bonchev–Trinajstić information content (AvgIpc) is 3.17. The number of nitrogens with zero attached hydrogens (tertiary/aromatic N) is 3. The molecule has 2 aliphatic rings. The summed E-state index contributed by atoms with van der Waals surface area (Å²) in [6, 6.07) is 4.10. The number of fused-ring (bicyclic) bond motifs is 1. The number of nitrogens with one attached hydrogen (secondary N) is 1. The second-order valence-electron chi connectivity index (χ2n) is 6.09. The van der Waals surface area contributed by atoms with E-state index in [0.717, 1.165) is 36.0 Å². The van der Waals surface area contributed by atoms with E-state index >= 15 is 0 Å². The van der Waals surface area contributed by atoms with Gasteiger partial charge in [-0.3, -0.25) is 0 Å². The van der Waals surface area contributed by atoms with Crippen LogP contribution in [0.2, 0.25) is 0 Å². The molecule has 0 amide bonds. The Morgan fingerprint density at radius 3 is 3.00 bits per heavy atom. The number of piperidine rings is 1. The predicted molar refractivity (Wildman–Crippen MR) is 87.9 cm³/mol. The van der Waals surface area contributed by atoms with Crippen LogP contribution < -0.4 is 5.32 Å². The van der Waals surface area contributed by atoms with Crippen molar-refractivity contribution in [1.29, 1.82) is 0 Å². The molecule has 2 aliphatic heterocycles. The Hall–Kier alpha value is -1.07. The molecular formula is C16H22N4S. The van der Waals surface area contributed by atoms with E-state index in [9.17, 15) is 0 Å². The minimum atomic E-state index is 0.590. The number of pyridine rings is 1. The Morgan fingerprint density at radius 1 is 1.29 bits per heavy atom. The number of rotatable bonds is 3. The minimum Gasteiger partial charge on any atom is -0.317 e. The predicted octanol–water partition coefficient (Wildman–Crippen LogP) is 2.79. The van der Waals surface area contributed by atoms with E-state index in [1.54, 1.807) is 0 Å². The van der Waals surface area contributed by atoms with Crippen molar-refractivity contribution in [2.45, 2.75) is 43.4 Å². The fourth-order valence-electron chi connectivity index (χ4n) is 3.54. The zero-order valence-corrected chi connectivity index (χ0v) is 13.1. The zero-order chi connectivity index (χ0) is 14.1. The Labute approximate surface area is 129 Å². The first-order valence-electron chi connectivity index (χ1n) is 8.05. The maximum absolute atomic E-state index is 4.94. The lowest BCUT2D eigenvalue weighted by Gasteiger charge is -2.24. The van der Waals surface area contributed by atoms with Crippen LogP contribution in [0.3, 0.4) is 0 Å². The van der Waals surface area contributed by atoms with Gasteiger partial charge in [-0.25, -0.2) is 9.97 Å². The third-order valence-corrected chi connectivity index (χ3v) is 6.03. The van der Waals surface area contributed by atoms with Crippen LogP contribution in [0, 0.1) is 0 Å². The second kappa shape index (κ2) is 5.97. The fraction of sp³-hybridized carbons (Fsp3) is 0.625. The smallest absolute Gasteiger partial charge is 0.160 e. The Morgan fingerprint density at radius 2 is 2.19 bits per heavy atom. The molecule has 0 saturated carbocycles. The molecule has 2 aromatic heterocycles. The fourth-order valence-corrected chi connectivity index (χ4v) is 4.79. The highest BCUT2D eigenvalue weighted by molar-refractivity contribution is 8.00. The molecule has 4 rings (SSSR count). The number of aromatic nitrogens is 3. The summed E-state index contributed by atoms with van der Waals surface area (Å²) in [5, 5.41) is 4.19. The summed E-state index contributed by atoms with van der Waals surface area (Å²) in [4.78, 5) is 9.56. The normalized spacial score (nSPS) is 23.9. The highest BCUT2D eigenvalue weighted by Crippen LogP contribution is 2.32. The molecule has 4 heterocycles. The first-order chi connectivity index (χ1) is 10.4. The molecule has 2 aromatic rings. The van der Waals surface area contributed by atoms with Gasteiger partial charge in [0.15, 0.2) is 5.65 Å². The van der Waals surface area contributed by atoms with Gasteiger partial charge in [0.05, 0.1) is 0 Å². The number of imidazole rings is 1. The van der Waals surface area contributed by atoms with E-state index in [1.807, 2.05) is 12.3 Å². The summed E-state index contributed by atoms with van der Waals surface area (Å²) < 4.78 is 2.42. The zero-order valence-electron chi connectivity index (χ0n) is 12.3. The van der Waals surface area contributed by atoms with Crippen molar-refractivity contribution < 1.29 is 0 Å². The van der Waals surface area contributed by atoms with E-state index in [-0.39, 0.29) is 0 Å². The van der Waals surface area contributed by atoms with Gasteiger partial charge in [-0.1, -0.05) is 0 Å². The van der Waals surface area contributed by atoms with Crippen LogP contribution in [-0.4, -0.2) is 38.6 Å². The van der Waals surface area contributed by atoms with Gasteiger partial charge in [0.25, 0.3) is 0 Å². The Kier molecular flexibility index (Phi) is 3.86. The van der Waals surface area contributed by atoms with E-state index in [2.05, 4.69) is 32.7 Å². The number of thioether (sulfide) groups is 1. The molecule has 0 aliphatic carbocycles. The molecule has 5 heteroatoms. The quantitative estimate of drug-likeness (QED) is 0.947. The minimum absolute atomic E-state index is 0.590. The summed E-state index contributed by atoms with van der Waals surface area (Å²) in [7, 11) is 0. The summed E-state index contributed by atoms with van der Waals surface area (Å²) in [6.45, 7) is 3.30. The van der Waals surface area contributed by atoms with E-state index in [1.165, 1.54) is 37.3 Å². The molecule has 4 nitrogen and oxygen atoms in total. The van der Waals surface area contributed by atoms with Gasteiger partial charge in [0, 0.05) is 23.9 Å². The van der Waals surface area contributed by atoms with Crippen molar-refractivity contribution in [2.75, 3.05) is 18.8 Å². The van der Waals surface area contributed by atoms with Gasteiger partial charge in [0.1, 0.15) is 11.3 Å². The first-order valence-corrected chi connectivity index (χ1v) is 9.10. The molecule has 2 saturated heterocycles. The molecule has 0 bridgehead atoms. The van der Waals surface area contributed by atoms with Crippen molar-refractivity contribution in [3.8, 4) is 0 Å². The van der Waals surface area contributed by atoms with Gasteiger partial charge >= 0.3 is 0 Å². The van der Waals surface area contributed by atoms with Crippen LogP contribution in [0.15, 0.2) is 18.3 Å². The van der Waals surface area contributed by atoms with Crippen LogP contribution in [0.4, 0.5) is 0 Å². The van der Waals surface area contributed by atoms with Crippen molar-refractivity contribution >= 4 is 22.9 Å². The Bertz CT molecular complexity index is 612. The van der Waals surface area contributed by atoms with E-state index < -0.39 is 0 Å². The van der Waals surface area contributed by atoms with Crippen molar-refractivity contribution in [1.82, 2.24) is 19.9 Å². The lowest BCUT2D eigenvalue weighted by atomic mass is 9.97.